The normalized spacial score (nSPS) is 10.8. The number of anilines is 2. The number of nitrogen functional groups attached to an aromatic ring is 1. The Kier molecular flexibility index (Phi) is 3.69. The Morgan fingerprint density at radius 2 is 2.00 bits per heavy atom. The highest BCUT2D eigenvalue weighted by Gasteiger charge is 2.13. The molecule has 0 aromatic carbocycles. The van der Waals surface area contributed by atoms with Gasteiger partial charge in [-0.2, -0.15) is 4.98 Å². The summed E-state index contributed by atoms with van der Waals surface area (Å²) < 4.78 is 1.71. The number of aryl methyl sites for hydroxylation is 1. The maximum atomic E-state index is 6.09. The molecule has 7 heteroatoms. The number of pyridine rings is 1. The van der Waals surface area contributed by atoms with Crippen LogP contribution >= 0.6 is 0 Å². The van der Waals surface area contributed by atoms with Gasteiger partial charge in [-0.3, -0.25) is 9.98 Å². The molecule has 0 atom stereocenters. The van der Waals surface area contributed by atoms with E-state index >= 15 is 0 Å². The molecular weight excluding hydrogens is 290 g/mol. The lowest BCUT2D eigenvalue weighted by Gasteiger charge is -2.07. The van der Waals surface area contributed by atoms with Crippen LogP contribution in [0.5, 0.6) is 0 Å². The van der Waals surface area contributed by atoms with Gasteiger partial charge < -0.3 is 11.1 Å². The van der Waals surface area contributed by atoms with E-state index in [0.29, 0.717) is 11.8 Å². The van der Waals surface area contributed by atoms with Crippen molar-refractivity contribution in [1.82, 2.24) is 19.6 Å². The molecule has 0 aliphatic rings. The zero-order valence-electron chi connectivity index (χ0n) is 13.6. The van der Waals surface area contributed by atoms with E-state index in [4.69, 9.17) is 5.73 Å². The van der Waals surface area contributed by atoms with Crippen LogP contribution in [0.3, 0.4) is 0 Å². The van der Waals surface area contributed by atoms with Gasteiger partial charge in [-0.1, -0.05) is 0 Å². The summed E-state index contributed by atoms with van der Waals surface area (Å²) in [5, 5.41) is 7.24. The van der Waals surface area contributed by atoms with Gasteiger partial charge in [0.2, 0.25) is 5.95 Å². The van der Waals surface area contributed by atoms with Gasteiger partial charge in [0.15, 0.2) is 5.82 Å². The monoisotopic (exact) mass is 309 g/mol. The lowest BCUT2D eigenvalue weighted by Crippen LogP contribution is -2.05. The van der Waals surface area contributed by atoms with Gasteiger partial charge in [-0.15, -0.1) is 5.10 Å². The van der Waals surface area contributed by atoms with Gasteiger partial charge >= 0.3 is 0 Å². The molecule has 3 rings (SSSR count). The van der Waals surface area contributed by atoms with Crippen molar-refractivity contribution in [3.63, 3.8) is 0 Å². The summed E-state index contributed by atoms with van der Waals surface area (Å²) in [6, 6.07) is 5.85. The Labute approximate surface area is 134 Å². The van der Waals surface area contributed by atoms with E-state index in [0.717, 1.165) is 33.9 Å². The minimum Gasteiger partial charge on any atom is -0.382 e. The van der Waals surface area contributed by atoms with Crippen LogP contribution in [0.25, 0.3) is 16.8 Å². The summed E-state index contributed by atoms with van der Waals surface area (Å²) >= 11 is 0. The van der Waals surface area contributed by atoms with Gasteiger partial charge in [0.25, 0.3) is 0 Å². The maximum Gasteiger partial charge on any atom is 0.242 e. The number of aliphatic imine (C=N–C) groups is 1. The Morgan fingerprint density at radius 3 is 2.65 bits per heavy atom. The molecule has 3 aromatic rings. The minimum absolute atomic E-state index is 0.412. The maximum absolute atomic E-state index is 6.09. The van der Waals surface area contributed by atoms with E-state index in [-0.39, 0.29) is 0 Å². The van der Waals surface area contributed by atoms with Gasteiger partial charge in [-0.05, 0) is 39.0 Å². The number of nitrogens with zero attached hydrogens (tertiary/aromatic N) is 5. The third-order valence-corrected chi connectivity index (χ3v) is 3.44. The lowest BCUT2D eigenvalue weighted by molar-refractivity contribution is 0.913. The molecule has 3 N–H and O–H groups in total. The molecule has 23 heavy (non-hydrogen) atoms. The smallest absolute Gasteiger partial charge is 0.242 e. The molecule has 0 aliphatic carbocycles. The predicted molar refractivity (Wildman–Crippen MR) is 93.4 cm³/mol. The van der Waals surface area contributed by atoms with Gasteiger partial charge in [-0.25, -0.2) is 4.52 Å². The van der Waals surface area contributed by atoms with Crippen molar-refractivity contribution in [1.29, 1.82) is 0 Å². The van der Waals surface area contributed by atoms with Crippen LogP contribution in [0.15, 0.2) is 29.4 Å². The highest BCUT2D eigenvalue weighted by atomic mass is 15.3. The number of nitrogens with one attached hydrogen (secondary N) is 1. The summed E-state index contributed by atoms with van der Waals surface area (Å²) in [6.45, 7) is 5.88. The third-order valence-electron chi connectivity index (χ3n) is 3.44. The molecule has 0 radical (unpaired) electrons. The molecule has 0 fully saturated rings. The molecule has 118 valence electrons. The average molecular weight is 309 g/mol. The average Bonchev–Trinajstić information content (AvgIpc) is 2.93. The van der Waals surface area contributed by atoms with E-state index in [9.17, 15) is 0 Å². The van der Waals surface area contributed by atoms with Crippen molar-refractivity contribution in [3.05, 3.63) is 30.1 Å². The number of aromatic nitrogens is 4. The first kappa shape index (κ1) is 15.0. The molecule has 0 saturated heterocycles. The Hall–Kier alpha value is -2.96. The van der Waals surface area contributed by atoms with Crippen LogP contribution in [0.1, 0.15) is 19.5 Å². The summed E-state index contributed by atoms with van der Waals surface area (Å²) in [6.07, 6.45) is 1.85. The second-order valence-electron chi connectivity index (χ2n) is 5.45. The number of nitrogens with two attached hydrogens (primary N) is 1. The van der Waals surface area contributed by atoms with Crippen LogP contribution in [-0.4, -0.2) is 32.3 Å². The Bertz CT molecular complexity index is 904. The van der Waals surface area contributed by atoms with Crippen LogP contribution in [0.2, 0.25) is 0 Å². The van der Waals surface area contributed by atoms with Crippen molar-refractivity contribution in [2.24, 2.45) is 4.99 Å². The molecule has 7 nitrogen and oxygen atoms in total. The standard InChI is InChI=1S/C16H19N7/c1-9(2)19-12-5-6-13(20-10(12)3)11-7-8-23-14(11)15(17)21-16(18-4)22-23/h5-8H,1-4H3,(H3,17,18,21,22). The first-order valence-corrected chi connectivity index (χ1v) is 7.32. The topological polar surface area (TPSA) is 93.5 Å². The SMILES string of the molecule is CNc1nc(N)c2c(-c3ccc(N=C(C)C)c(C)n3)ccn2n1. The molecule has 0 aliphatic heterocycles. The molecule has 0 bridgehead atoms. The minimum atomic E-state index is 0.412. The van der Waals surface area contributed by atoms with E-state index in [1.54, 1.807) is 11.6 Å². The van der Waals surface area contributed by atoms with Crippen LogP contribution in [0, 0.1) is 6.92 Å². The van der Waals surface area contributed by atoms with Crippen LogP contribution < -0.4 is 11.1 Å². The van der Waals surface area contributed by atoms with Crippen LogP contribution in [-0.2, 0) is 0 Å². The summed E-state index contributed by atoms with van der Waals surface area (Å²) in [5.41, 5.74) is 11.3. The third kappa shape index (κ3) is 2.73. The predicted octanol–water partition coefficient (Wildman–Crippen LogP) is 2.84. The van der Waals surface area contributed by atoms with Gasteiger partial charge in [0.1, 0.15) is 5.52 Å². The number of hydrogen-bond acceptors (Lipinski definition) is 6. The van der Waals surface area contributed by atoms with Crippen molar-refractivity contribution in [2.75, 3.05) is 18.1 Å². The van der Waals surface area contributed by atoms with Crippen LogP contribution in [0.4, 0.5) is 17.5 Å². The number of hydrogen-bond donors (Lipinski definition) is 2. The molecule has 0 spiro atoms. The van der Waals surface area contributed by atoms with Crippen molar-refractivity contribution >= 4 is 28.7 Å². The molecule has 0 amide bonds. The van der Waals surface area contributed by atoms with Gasteiger partial charge in [0.05, 0.1) is 17.1 Å². The first-order chi connectivity index (χ1) is 11.0. The molecular formula is C16H19N7. The van der Waals surface area contributed by atoms with Crippen molar-refractivity contribution in [3.8, 4) is 11.3 Å². The fraction of sp³-hybridized carbons (Fsp3) is 0.250. The van der Waals surface area contributed by atoms with E-state index in [1.165, 1.54) is 0 Å². The highest BCUT2D eigenvalue weighted by Crippen LogP contribution is 2.29. The fourth-order valence-electron chi connectivity index (χ4n) is 2.43. The number of rotatable bonds is 3. The van der Waals surface area contributed by atoms with E-state index < -0.39 is 0 Å². The van der Waals surface area contributed by atoms with Crippen molar-refractivity contribution < 1.29 is 0 Å². The highest BCUT2D eigenvalue weighted by molar-refractivity contribution is 5.87. The Balaban J connectivity index is 2.14. The Morgan fingerprint density at radius 1 is 1.22 bits per heavy atom. The zero-order valence-corrected chi connectivity index (χ0v) is 13.6. The van der Waals surface area contributed by atoms with Crippen molar-refractivity contribution in [2.45, 2.75) is 20.8 Å². The second kappa shape index (κ2) is 5.68. The quantitative estimate of drug-likeness (QED) is 0.726. The zero-order chi connectivity index (χ0) is 16.6. The first-order valence-electron chi connectivity index (χ1n) is 7.32. The molecule has 0 saturated carbocycles. The number of fused-ring (bicyclic) bond motifs is 1. The largest absolute Gasteiger partial charge is 0.382 e. The lowest BCUT2D eigenvalue weighted by atomic mass is 10.1. The van der Waals surface area contributed by atoms with E-state index in [1.807, 2.05) is 45.2 Å². The summed E-state index contributed by atoms with van der Waals surface area (Å²) in [7, 11) is 1.75. The van der Waals surface area contributed by atoms with E-state index in [2.05, 4.69) is 25.4 Å². The summed E-state index contributed by atoms with van der Waals surface area (Å²) in [5.74, 6) is 0.889. The second-order valence-corrected chi connectivity index (χ2v) is 5.45. The van der Waals surface area contributed by atoms with Gasteiger partial charge in [0, 0.05) is 24.5 Å². The molecule has 3 aromatic heterocycles. The molecule has 3 heterocycles. The summed E-state index contributed by atoms with van der Waals surface area (Å²) in [4.78, 5) is 13.4. The molecule has 0 unspecified atom stereocenters. The fourth-order valence-corrected chi connectivity index (χ4v) is 2.43.